The summed E-state index contributed by atoms with van der Waals surface area (Å²) in [5.74, 6) is -1.44. The molecule has 1 saturated carbocycles. The maximum atomic E-state index is 13.5. The van der Waals surface area contributed by atoms with Crippen LogP contribution in [-0.2, 0) is 4.74 Å². The van der Waals surface area contributed by atoms with E-state index in [0.717, 1.165) is 18.6 Å². The van der Waals surface area contributed by atoms with Gasteiger partial charge in [0.05, 0.1) is 17.8 Å². The van der Waals surface area contributed by atoms with Crippen molar-refractivity contribution in [2.24, 2.45) is 5.41 Å². The summed E-state index contributed by atoms with van der Waals surface area (Å²) in [6.07, 6.45) is -0.202. The molecule has 1 aliphatic rings. The van der Waals surface area contributed by atoms with Crippen LogP contribution in [0.1, 0.15) is 31.9 Å². The number of hydrogen-bond donors (Lipinski definition) is 2. The molecule has 2 N–H and O–H groups in total. The minimum atomic E-state index is -1.20. The number of aliphatic hydroxyl groups is 1. The lowest BCUT2D eigenvalue weighted by Crippen LogP contribution is -2.61. The number of nitrogens with one attached hydrogen (secondary N) is 1. The van der Waals surface area contributed by atoms with Gasteiger partial charge in [0.2, 0.25) is 0 Å². The molecule has 0 radical (unpaired) electrons. The van der Waals surface area contributed by atoms with E-state index in [1.54, 1.807) is 7.11 Å². The summed E-state index contributed by atoms with van der Waals surface area (Å²) in [6, 6.07) is 3.75. The van der Waals surface area contributed by atoms with E-state index in [-0.39, 0.29) is 29.7 Å². The van der Waals surface area contributed by atoms with Crippen molar-refractivity contribution in [1.29, 1.82) is 0 Å². The Kier molecular flexibility index (Phi) is 4.42. The Balaban J connectivity index is 1.95. The molecule has 1 aromatic carbocycles. The van der Waals surface area contributed by atoms with Gasteiger partial charge in [0.15, 0.2) is 0 Å². The van der Waals surface area contributed by atoms with Crippen LogP contribution in [0.15, 0.2) is 18.2 Å². The van der Waals surface area contributed by atoms with Crippen molar-refractivity contribution in [2.45, 2.75) is 38.5 Å². The van der Waals surface area contributed by atoms with Gasteiger partial charge in [-0.1, -0.05) is 19.9 Å². The molecule has 0 saturated heterocycles. The van der Waals surface area contributed by atoms with Gasteiger partial charge in [-0.3, -0.25) is 0 Å². The average molecular weight is 285 g/mol. The number of ether oxygens (including phenoxy) is 1. The molecule has 1 aromatic rings. The molecule has 20 heavy (non-hydrogen) atoms. The van der Waals surface area contributed by atoms with Crippen molar-refractivity contribution in [3.05, 3.63) is 35.4 Å². The highest BCUT2D eigenvalue weighted by molar-refractivity contribution is 5.22. The SMILES string of the molecule is COC1CC(NCC(O)c2c(F)cccc2F)C1(C)C. The van der Waals surface area contributed by atoms with Crippen molar-refractivity contribution in [3.63, 3.8) is 0 Å². The fourth-order valence-electron chi connectivity index (χ4n) is 2.82. The molecule has 3 unspecified atom stereocenters. The van der Waals surface area contributed by atoms with E-state index in [1.165, 1.54) is 6.07 Å². The van der Waals surface area contributed by atoms with Gasteiger partial charge in [0.25, 0.3) is 0 Å². The molecule has 1 aliphatic carbocycles. The third-order valence-electron chi connectivity index (χ3n) is 4.35. The van der Waals surface area contributed by atoms with Crippen LogP contribution in [0.2, 0.25) is 0 Å². The molecule has 3 nitrogen and oxygen atoms in total. The zero-order valence-electron chi connectivity index (χ0n) is 12.0. The Bertz CT molecular complexity index is 459. The molecule has 0 heterocycles. The second-order valence-corrected chi connectivity index (χ2v) is 5.89. The third kappa shape index (κ3) is 2.71. The minimum Gasteiger partial charge on any atom is -0.387 e. The molecule has 1 fully saturated rings. The second kappa shape index (κ2) is 5.76. The molecule has 0 amide bonds. The first-order valence-electron chi connectivity index (χ1n) is 6.76. The summed E-state index contributed by atoms with van der Waals surface area (Å²) >= 11 is 0. The van der Waals surface area contributed by atoms with Crippen molar-refractivity contribution >= 4 is 0 Å². The molecular formula is C15H21F2NO2. The van der Waals surface area contributed by atoms with Gasteiger partial charge in [-0.25, -0.2) is 8.78 Å². The molecule has 0 aliphatic heterocycles. The van der Waals surface area contributed by atoms with E-state index in [2.05, 4.69) is 19.2 Å². The van der Waals surface area contributed by atoms with E-state index < -0.39 is 17.7 Å². The maximum absolute atomic E-state index is 13.5. The fraction of sp³-hybridized carbons (Fsp3) is 0.600. The predicted molar refractivity (Wildman–Crippen MR) is 72.3 cm³/mol. The standard InChI is InChI=1S/C15H21F2NO2/c1-15(2)12(7-13(15)20-3)18-8-11(19)14-9(16)5-4-6-10(14)17/h4-6,11-13,18-19H,7-8H2,1-3H3. The number of aliphatic hydroxyl groups excluding tert-OH is 1. The van der Waals surface area contributed by atoms with Crippen molar-refractivity contribution in [3.8, 4) is 0 Å². The van der Waals surface area contributed by atoms with Crippen LogP contribution in [0.5, 0.6) is 0 Å². The number of hydrogen-bond acceptors (Lipinski definition) is 3. The molecule has 5 heteroatoms. The highest BCUT2D eigenvalue weighted by atomic mass is 19.1. The van der Waals surface area contributed by atoms with E-state index in [4.69, 9.17) is 4.74 Å². The summed E-state index contributed by atoms with van der Waals surface area (Å²) < 4.78 is 32.4. The Hall–Kier alpha value is -1.04. The molecule has 0 aromatic heterocycles. The van der Waals surface area contributed by atoms with Crippen LogP contribution in [0, 0.1) is 17.0 Å². The monoisotopic (exact) mass is 285 g/mol. The largest absolute Gasteiger partial charge is 0.387 e. The molecule has 0 spiro atoms. The average Bonchev–Trinajstić information content (AvgIpc) is 2.37. The Morgan fingerprint density at radius 1 is 1.40 bits per heavy atom. The normalized spacial score (nSPS) is 26.1. The highest BCUT2D eigenvalue weighted by Gasteiger charge is 2.48. The van der Waals surface area contributed by atoms with Gasteiger partial charge < -0.3 is 15.2 Å². The lowest BCUT2D eigenvalue weighted by molar-refractivity contribution is -0.0993. The Labute approximate surface area is 117 Å². The Morgan fingerprint density at radius 3 is 2.50 bits per heavy atom. The molecule has 112 valence electrons. The van der Waals surface area contributed by atoms with Crippen LogP contribution in [-0.4, -0.2) is 30.9 Å². The van der Waals surface area contributed by atoms with Crippen LogP contribution in [0.25, 0.3) is 0 Å². The van der Waals surface area contributed by atoms with Crippen molar-refractivity contribution in [2.75, 3.05) is 13.7 Å². The van der Waals surface area contributed by atoms with E-state index in [1.807, 2.05) is 0 Å². The van der Waals surface area contributed by atoms with Crippen LogP contribution < -0.4 is 5.32 Å². The second-order valence-electron chi connectivity index (χ2n) is 5.89. The number of rotatable bonds is 5. The van der Waals surface area contributed by atoms with Crippen LogP contribution in [0.3, 0.4) is 0 Å². The van der Waals surface area contributed by atoms with Gasteiger partial charge in [-0.2, -0.15) is 0 Å². The van der Waals surface area contributed by atoms with E-state index >= 15 is 0 Å². The summed E-state index contributed by atoms with van der Waals surface area (Å²) in [5.41, 5.74) is -0.331. The highest BCUT2D eigenvalue weighted by Crippen LogP contribution is 2.42. The molecular weight excluding hydrogens is 264 g/mol. The summed E-state index contributed by atoms with van der Waals surface area (Å²) in [6.45, 7) is 4.25. The van der Waals surface area contributed by atoms with Crippen LogP contribution >= 0.6 is 0 Å². The zero-order chi connectivity index (χ0) is 14.9. The smallest absolute Gasteiger partial charge is 0.131 e. The summed E-state index contributed by atoms with van der Waals surface area (Å²) in [5, 5.41) is 13.1. The summed E-state index contributed by atoms with van der Waals surface area (Å²) in [7, 11) is 1.67. The van der Waals surface area contributed by atoms with Crippen molar-refractivity contribution in [1.82, 2.24) is 5.32 Å². The van der Waals surface area contributed by atoms with Gasteiger partial charge >= 0.3 is 0 Å². The maximum Gasteiger partial charge on any atom is 0.131 e. The van der Waals surface area contributed by atoms with E-state index in [9.17, 15) is 13.9 Å². The van der Waals surface area contributed by atoms with Gasteiger partial charge in [0.1, 0.15) is 11.6 Å². The first kappa shape index (κ1) is 15.4. The molecule has 3 atom stereocenters. The lowest BCUT2D eigenvalue weighted by Gasteiger charge is -2.51. The first-order chi connectivity index (χ1) is 9.37. The van der Waals surface area contributed by atoms with Crippen molar-refractivity contribution < 1.29 is 18.6 Å². The number of halogens is 2. The van der Waals surface area contributed by atoms with Gasteiger partial charge in [-0.05, 0) is 18.6 Å². The lowest BCUT2D eigenvalue weighted by atomic mass is 9.64. The molecule has 0 bridgehead atoms. The number of benzene rings is 1. The summed E-state index contributed by atoms with van der Waals surface area (Å²) in [4.78, 5) is 0. The van der Waals surface area contributed by atoms with Gasteiger partial charge in [-0.15, -0.1) is 0 Å². The predicted octanol–water partition coefficient (Wildman–Crippen LogP) is 2.40. The third-order valence-corrected chi connectivity index (χ3v) is 4.35. The fourth-order valence-corrected chi connectivity index (χ4v) is 2.82. The van der Waals surface area contributed by atoms with Gasteiger partial charge in [0, 0.05) is 25.1 Å². The van der Waals surface area contributed by atoms with E-state index in [0.29, 0.717) is 0 Å². The van der Waals surface area contributed by atoms with Crippen LogP contribution in [0.4, 0.5) is 8.78 Å². The minimum absolute atomic E-state index is 0.0533. The quantitative estimate of drug-likeness (QED) is 0.873. The topological polar surface area (TPSA) is 41.5 Å². The molecule has 2 rings (SSSR count). The zero-order valence-corrected chi connectivity index (χ0v) is 12.0. The Morgan fingerprint density at radius 2 is 2.00 bits per heavy atom. The first-order valence-corrected chi connectivity index (χ1v) is 6.76. The number of methoxy groups -OCH3 is 1.